The van der Waals surface area contributed by atoms with Crippen LogP contribution in [0.4, 0.5) is 22.0 Å². The molecule has 0 saturated heterocycles. The largest absolute Gasteiger partial charge is 0.288 e. The highest BCUT2D eigenvalue weighted by Gasteiger charge is 2.24. The molecule has 20 heavy (non-hydrogen) atoms. The maximum Gasteiger partial charge on any atom is 0.201 e. The third kappa shape index (κ3) is 2.51. The molecule has 0 N–H and O–H groups in total. The Bertz CT molecular complexity index is 691. The van der Waals surface area contributed by atoms with Crippen molar-refractivity contribution in [3.8, 4) is 0 Å². The lowest BCUT2D eigenvalue weighted by Crippen LogP contribution is -2.10. The van der Waals surface area contributed by atoms with Gasteiger partial charge < -0.3 is 0 Å². The van der Waals surface area contributed by atoms with Gasteiger partial charge in [-0.3, -0.25) is 4.79 Å². The fourth-order valence-corrected chi connectivity index (χ4v) is 1.74. The predicted molar refractivity (Wildman–Crippen MR) is 61.1 cm³/mol. The second-order valence-corrected chi connectivity index (χ2v) is 4.23. The SMILES string of the molecule is O=C(c1cc(F)c(Cl)cc1F)c1c(F)cc(F)cc1F. The molecule has 0 heterocycles. The molecule has 7 heteroatoms. The number of halogens is 6. The van der Waals surface area contributed by atoms with Gasteiger partial charge >= 0.3 is 0 Å². The summed E-state index contributed by atoms with van der Waals surface area (Å²) in [7, 11) is 0. The first-order valence-electron chi connectivity index (χ1n) is 5.15. The number of carbonyl (C=O) groups is 1. The Morgan fingerprint density at radius 2 is 1.35 bits per heavy atom. The summed E-state index contributed by atoms with van der Waals surface area (Å²) in [5.74, 6) is -8.08. The smallest absolute Gasteiger partial charge is 0.201 e. The Morgan fingerprint density at radius 3 is 1.90 bits per heavy atom. The van der Waals surface area contributed by atoms with E-state index < -0.39 is 51.0 Å². The number of rotatable bonds is 2. The van der Waals surface area contributed by atoms with Crippen LogP contribution >= 0.6 is 11.6 Å². The normalized spacial score (nSPS) is 10.7. The van der Waals surface area contributed by atoms with Gasteiger partial charge in [-0.2, -0.15) is 0 Å². The Morgan fingerprint density at radius 1 is 0.800 bits per heavy atom. The van der Waals surface area contributed by atoms with E-state index in [9.17, 15) is 26.7 Å². The monoisotopic (exact) mass is 306 g/mol. The van der Waals surface area contributed by atoms with Gasteiger partial charge in [-0.1, -0.05) is 11.6 Å². The summed E-state index contributed by atoms with van der Waals surface area (Å²) in [6.45, 7) is 0. The lowest BCUT2D eigenvalue weighted by atomic mass is 10.0. The van der Waals surface area contributed by atoms with E-state index in [1.807, 2.05) is 0 Å². The zero-order chi connectivity index (χ0) is 15.0. The molecule has 0 aliphatic heterocycles. The summed E-state index contributed by atoms with van der Waals surface area (Å²) >= 11 is 5.30. The minimum absolute atomic E-state index is 0.264. The Balaban J connectivity index is 2.61. The Labute approximate surface area is 114 Å². The van der Waals surface area contributed by atoms with Gasteiger partial charge in [0.15, 0.2) is 0 Å². The van der Waals surface area contributed by atoms with Gasteiger partial charge in [0.05, 0.1) is 16.1 Å². The summed E-state index contributed by atoms with van der Waals surface area (Å²) in [6.07, 6.45) is 0. The number of hydrogen-bond acceptors (Lipinski definition) is 1. The maximum absolute atomic E-state index is 13.5. The van der Waals surface area contributed by atoms with Crippen molar-refractivity contribution in [3.63, 3.8) is 0 Å². The molecule has 0 aliphatic carbocycles. The predicted octanol–water partition coefficient (Wildman–Crippen LogP) is 4.27. The molecule has 2 aromatic rings. The molecule has 0 aliphatic rings. The van der Waals surface area contributed by atoms with Crippen LogP contribution < -0.4 is 0 Å². The van der Waals surface area contributed by atoms with Gasteiger partial charge in [0.2, 0.25) is 5.78 Å². The fraction of sp³-hybridized carbons (Fsp3) is 0. The fourth-order valence-electron chi connectivity index (χ4n) is 1.59. The Kier molecular flexibility index (Phi) is 3.76. The lowest BCUT2D eigenvalue weighted by molar-refractivity contribution is 0.102. The Hall–Kier alpha value is -1.95. The molecule has 0 fully saturated rings. The number of benzene rings is 2. The van der Waals surface area contributed by atoms with Crippen molar-refractivity contribution in [2.45, 2.75) is 0 Å². The van der Waals surface area contributed by atoms with Crippen LogP contribution in [0.1, 0.15) is 15.9 Å². The van der Waals surface area contributed by atoms with Gasteiger partial charge in [0.1, 0.15) is 29.1 Å². The molecule has 1 nitrogen and oxygen atoms in total. The highest BCUT2D eigenvalue weighted by molar-refractivity contribution is 6.30. The summed E-state index contributed by atoms with van der Waals surface area (Å²) < 4.78 is 66.3. The highest BCUT2D eigenvalue weighted by Crippen LogP contribution is 2.24. The zero-order valence-electron chi connectivity index (χ0n) is 9.49. The molecule has 0 radical (unpaired) electrons. The van der Waals surface area contributed by atoms with Crippen molar-refractivity contribution in [3.05, 3.63) is 69.5 Å². The van der Waals surface area contributed by atoms with Crippen molar-refractivity contribution in [2.75, 3.05) is 0 Å². The molecule has 0 amide bonds. The van der Waals surface area contributed by atoms with E-state index in [0.717, 1.165) is 0 Å². The first kappa shape index (κ1) is 14.5. The van der Waals surface area contributed by atoms with Crippen LogP contribution in [0.2, 0.25) is 5.02 Å². The second kappa shape index (κ2) is 5.20. The van der Waals surface area contributed by atoms with Crippen LogP contribution in [0.25, 0.3) is 0 Å². The summed E-state index contributed by atoms with van der Waals surface area (Å²) in [5, 5.41) is -0.584. The first-order valence-corrected chi connectivity index (χ1v) is 5.53. The number of hydrogen-bond donors (Lipinski definition) is 0. The van der Waals surface area contributed by atoms with Crippen LogP contribution in [0.5, 0.6) is 0 Å². The zero-order valence-corrected chi connectivity index (χ0v) is 10.2. The molecule has 0 bridgehead atoms. The van der Waals surface area contributed by atoms with Crippen LogP contribution in [0.3, 0.4) is 0 Å². The van der Waals surface area contributed by atoms with Crippen molar-refractivity contribution in [1.29, 1.82) is 0 Å². The maximum atomic E-state index is 13.5. The molecule has 0 atom stereocenters. The van der Waals surface area contributed by atoms with Crippen LogP contribution in [-0.2, 0) is 0 Å². The second-order valence-electron chi connectivity index (χ2n) is 3.82. The van der Waals surface area contributed by atoms with E-state index >= 15 is 0 Å². The summed E-state index contributed by atoms with van der Waals surface area (Å²) in [5.41, 5.74) is -2.08. The van der Waals surface area contributed by atoms with Crippen molar-refractivity contribution < 1.29 is 26.7 Å². The third-order valence-electron chi connectivity index (χ3n) is 2.49. The van der Waals surface area contributed by atoms with Crippen LogP contribution in [0.15, 0.2) is 24.3 Å². The molecule has 2 aromatic carbocycles. The van der Waals surface area contributed by atoms with Crippen molar-refractivity contribution >= 4 is 17.4 Å². The van der Waals surface area contributed by atoms with E-state index in [2.05, 4.69) is 0 Å². The molecule has 2 rings (SSSR count). The van der Waals surface area contributed by atoms with Gasteiger partial charge in [-0.05, 0) is 12.1 Å². The summed E-state index contributed by atoms with van der Waals surface area (Å²) in [6, 6.07) is 1.45. The number of carbonyl (C=O) groups excluding carboxylic acids is 1. The molecule has 0 unspecified atom stereocenters. The molecule has 0 aromatic heterocycles. The van der Waals surface area contributed by atoms with Crippen molar-refractivity contribution in [1.82, 2.24) is 0 Å². The first-order chi connectivity index (χ1) is 9.31. The average Bonchev–Trinajstić information content (AvgIpc) is 2.32. The van der Waals surface area contributed by atoms with Crippen LogP contribution in [-0.4, -0.2) is 5.78 Å². The summed E-state index contributed by atoms with van der Waals surface area (Å²) in [4.78, 5) is 11.8. The van der Waals surface area contributed by atoms with E-state index in [1.54, 1.807) is 0 Å². The van der Waals surface area contributed by atoms with E-state index in [4.69, 9.17) is 11.6 Å². The van der Waals surface area contributed by atoms with E-state index in [-0.39, 0.29) is 12.1 Å². The minimum Gasteiger partial charge on any atom is -0.288 e. The van der Waals surface area contributed by atoms with Gasteiger partial charge in [-0.15, -0.1) is 0 Å². The molecule has 104 valence electrons. The average molecular weight is 307 g/mol. The molecule has 0 spiro atoms. The van der Waals surface area contributed by atoms with Crippen molar-refractivity contribution in [2.24, 2.45) is 0 Å². The minimum atomic E-state index is -1.51. The lowest BCUT2D eigenvalue weighted by Gasteiger charge is -2.06. The highest BCUT2D eigenvalue weighted by atomic mass is 35.5. The van der Waals surface area contributed by atoms with Gasteiger partial charge in [0, 0.05) is 12.1 Å². The van der Waals surface area contributed by atoms with Gasteiger partial charge in [-0.25, -0.2) is 22.0 Å². The molecular formula is C13H4ClF5O. The van der Waals surface area contributed by atoms with E-state index in [0.29, 0.717) is 12.1 Å². The molecule has 0 saturated carbocycles. The third-order valence-corrected chi connectivity index (χ3v) is 2.78. The molecular weight excluding hydrogens is 303 g/mol. The van der Waals surface area contributed by atoms with Gasteiger partial charge in [0.25, 0.3) is 0 Å². The van der Waals surface area contributed by atoms with Crippen LogP contribution in [0, 0.1) is 29.1 Å². The number of ketones is 1. The standard InChI is InChI=1S/C13H4ClF5O/c14-7-4-8(16)6(3-9(7)17)13(20)12-10(18)1-5(15)2-11(12)19/h1-4H. The quantitative estimate of drug-likeness (QED) is 0.460. The topological polar surface area (TPSA) is 17.1 Å². The van der Waals surface area contributed by atoms with E-state index in [1.165, 1.54) is 0 Å².